The Bertz CT molecular complexity index is 496. The van der Waals surface area contributed by atoms with Crippen LogP contribution in [0.1, 0.15) is 24.0 Å². The molecule has 1 aliphatic rings. The van der Waals surface area contributed by atoms with Crippen LogP contribution in [0.4, 0.5) is 0 Å². The lowest BCUT2D eigenvalue weighted by molar-refractivity contribution is 0.140. The molecule has 0 amide bonds. The van der Waals surface area contributed by atoms with Crippen molar-refractivity contribution in [2.75, 3.05) is 40.0 Å². The molecule has 0 aromatic heterocycles. The van der Waals surface area contributed by atoms with Gasteiger partial charge in [-0.15, -0.1) is 0 Å². The highest BCUT2D eigenvalue weighted by Gasteiger charge is 2.12. The summed E-state index contributed by atoms with van der Waals surface area (Å²) in [6, 6.07) is 5.97. The van der Waals surface area contributed by atoms with Gasteiger partial charge in [-0.2, -0.15) is 0 Å². The molecule has 0 bridgehead atoms. The molecule has 1 saturated heterocycles. The number of aliphatic hydroxyl groups excluding tert-OH is 1. The zero-order chi connectivity index (χ0) is 14.9. The fraction of sp³-hybridized carbons (Fsp3) is 0.529. The molecule has 1 aliphatic heterocycles. The minimum absolute atomic E-state index is 0.0992. The summed E-state index contributed by atoms with van der Waals surface area (Å²) in [5.74, 6) is 6.99. The van der Waals surface area contributed by atoms with Gasteiger partial charge in [-0.05, 0) is 30.2 Å². The molecule has 114 valence electrons. The predicted molar refractivity (Wildman–Crippen MR) is 82.3 cm³/mol. The largest absolute Gasteiger partial charge is 0.497 e. The van der Waals surface area contributed by atoms with Crippen molar-refractivity contribution in [3.05, 3.63) is 29.3 Å². The molecule has 0 spiro atoms. The van der Waals surface area contributed by atoms with Crippen molar-refractivity contribution in [1.29, 1.82) is 0 Å². The minimum Gasteiger partial charge on any atom is -0.497 e. The topological polar surface area (TPSA) is 41.9 Å². The van der Waals surface area contributed by atoms with Gasteiger partial charge in [-0.3, -0.25) is 4.90 Å². The lowest BCUT2D eigenvalue weighted by Crippen LogP contribution is -2.26. The van der Waals surface area contributed by atoms with Crippen molar-refractivity contribution >= 4 is 0 Å². The van der Waals surface area contributed by atoms with E-state index in [9.17, 15) is 0 Å². The molecule has 1 heterocycles. The van der Waals surface area contributed by atoms with Crippen LogP contribution in [0.3, 0.4) is 0 Å². The first-order chi connectivity index (χ1) is 10.3. The van der Waals surface area contributed by atoms with Crippen molar-refractivity contribution in [2.24, 2.45) is 0 Å². The van der Waals surface area contributed by atoms with E-state index in [1.54, 1.807) is 7.11 Å². The van der Waals surface area contributed by atoms with Gasteiger partial charge >= 0.3 is 0 Å². The number of aliphatic hydroxyl groups is 1. The van der Waals surface area contributed by atoms with Gasteiger partial charge in [0.05, 0.1) is 20.3 Å². The summed E-state index contributed by atoms with van der Waals surface area (Å²) in [5.41, 5.74) is 2.18. The molecule has 0 aliphatic carbocycles. The zero-order valence-electron chi connectivity index (χ0n) is 12.6. The second-order valence-electron chi connectivity index (χ2n) is 5.04. The summed E-state index contributed by atoms with van der Waals surface area (Å²) in [7, 11) is 1.68. The van der Waals surface area contributed by atoms with Crippen LogP contribution in [0.15, 0.2) is 18.2 Å². The maximum absolute atomic E-state index is 8.84. The van der Waals surface area contributed by atoms with E-state index in [2.05, 4.69) is 22.8 Å². The van der Waals surface area contributed by atoms with E-state index < -0.39 is 0 Å². The second-order valence-corrected chi connectivity index (χ2v) is 5.04. The normalized spacial score (nSPS) is 15.9. The molecule has 1 aromatic rings. The molecule has 0 atom stereocenters. The second kappa shape index (κ2) is 8.68. The molecule has 1 aromatic carbocycles. The first-order valence-electron chi connectivity index (χ1n) is 7.40. The molecular formula is C17H23NO3. The Hall–Kier alpha value is -1.54. The van der Waals surface area contributed by atoms with Crippen LogP contribution in [0.25, 0.3) is 0 Å². The van der Waals surface area contributed by atoms with Crippen LogP contribution < -0.4 is 4.74 Å². The Kier molecular flexibility index (Phi) is 6.55. The lowest BCUT2D eigenvalue weighted by atomic mass is 10.1. The molecule has 0 unspecified atom stereocenters. The number of ether oxygens (including phenoxy) is 2. The highest BCUT2D eigenvalue weighted by molar-refractivity contribution is 5.45. The van der Waals surface area contributed by atoms with Crippen LogP contribution in [-0.4, -0.2) is 50.0 Å². The summed E-state index contributed by atoms with van der Waals surface area (Å²) < 4.78 is 10.8. The number of benzene rings is 1. The third kappa shape index (κ3) is 5.05. The van der Waals surface area contributed by atoms with Crippen LogP contribution in [0.5, 0.6) is 5.75 Å². The van der Waals surface area contributed by atoms with Crippen LogP contribution >= 0.6 is 0 Å². The first kappa shape index (κ1) is 15.8. The van der Waals surface area contributed by atoms with Gasteiger partial charge in [0.25, 0.3) is 0 Å². The van der Waals surface area contributed by atoms with Gasteiger partial charge in [0, 0.05) is 38.2 Å². The zero-order valence-corrected chi connectivity index (χ0v) is 12.6. The van der Waals surface area contributed by atoms with Crippen molar-refractivity contribution < 1.29 is 14.6 Å². The van der Waals surface area contributed by atoms with Crippen LogP contribution in [-0.2, 0) is 11.3 Å². The molecule has 4 heteroatoms. The number of rotatable bonds is 4. The summed E-state index contributed by atoms with van der Waals surface area (Å²) in [6.07, 6.45) is 1.57. The number of nitrogens with zero attached hydrogens (tertiary/aromatic N) is 1. The van der Waals surface area contributed by atoms with Gasteiger partial charge in [-0.1, -0.05) is 11.8 Å². The minimum atomic E-state index is 0.0992. The van der Waals surface area contributed by atoms with Crippen LogP contribution in [0, 0.1) is 11.8 Å². The van der Waals surface area contributed by atoms with Gasteiger partial charge < -0.3 is 14.6 Å². The van der Waals surface area contributed by atoms with Gasteiger partial charge in [0.2, 0.25) is 0 Å². The molecule has 21 heavy (non-hydrogen) atoms. The molecule has 0 saturated carbocycles. The fourth-order valence-electron chi connectivity index (χ4n) is 2.36. The SMILES string of the molecule is COc1ccc(C#CCCO)c(CN2CCCOCC2)c1. The molecule has 1 fully saturated rings. The summed E-state index contributed by atoms with van der Waals surface area (Å²) in [6.45, 7) is 4.57. The first-order valence-corrected chi connectivity index (χ1v) is 7.40. The predicted octanol–water partition coefficient (Wildman–Crippen LogP) is 1.65. The van der Waals surface area contributed by atoms with Crippen molar-refractivity contribution in [3.8, 4) is 17.6 Å². The summed E-state index contributed by atoms with van der Waals surface area (Å²) in [4.78, 5) is 2.39. The van der Waals surface area contributed by atoms with E-state index in [1.807, 2.05) is 12.1 Å². The van der Waals surface area contributed by atoms with Crippen molar-refractivity contribution in [2.45, 2.75) is 19.4 Å². The van der Waals surface area contributed by atoms with Crippen molar-refractivity contribution in [3.63, 3.8) is 0 Å². The number of hydrogen-bond donors (Lipinski definition) is 1. The molecule has 2 rings (SSSR count). The average Bonchev–Trinajstić information content (AvgIpc) is 2.77. The number of methoxy groups -OCH3 is 1. The Morgan fingerprint density at radius 2 is 2.24 bits per heavy atom. The molecular weight excluding hydrogens is 266 g/mol. The van der Waals surface area contributed by atoms with Crippen LogP contribution in [0.2, 0.25) is 0 Å². The highest BCUT2D eigenvalue weighted by Crippen LogP contribution is 2.19. The maximum atomic E-state index is 8.84. The quantitative estimate of drug-likeness (QED) is 0.856. The molecule has 1 N–H and O–H groups in total. The van der Waals surface area contributed by atoms with E-state index in [0.717, 1.165) is 50.6 Å². The van der Waals surface area contributed by atoms with Gasteiger partial charge in [-0.25, -0.2) is 0 Å². The smallest absolute Gasteiger partial charge is 0.119 e. The monoisotopic (exact) mass is 289 g/mol. The van der Waals surface area contributed by atoms with Gasteiger partial charge in [0.1, 0.15) is 5.75 Å². The Morgan fingerprint density at radius 3 is 3.05 bits per heavy atom. The van der Waals surface area contributed by atoms with E-state index in [0.29, 0.717) is 6.42 Å². The third-order valence-corrected chi connectivity index (χ3v) is 3.48. The lowest BCUT2D eigenvalue weighted by Gasteiger charge is -2.20. The highest BCUT2D eigenvalue weighted by atomic mass is 16.5. The van der Waals surface area contributed by atoms with E-state index >= 15 is 0 Å². The van der Waals surface area contributed by atoms with E-state index in [-0.39, 0.29) is 6.61 Å². The summed E-state index contributed by atoms with van der Waals surface area (Å²) >= 11 is 0. The summed E-state index contributed by atoms with van der Waals surface area (Å²) in [5, 5.41) is 8.84. The Labute approximate surface area is 126 Å². The number of hydrogen-bond acceptors (Lipinski definition) is 4. The standard InChI is InChI=1S/C17H23NO3/c1-20-17-7-6-15(5-2-3-10-19)16(13-17)14-18-8-4-11-21-12-9-18/h6-7,13,19H,3-4,8-12,14H2,1H3. The molecule has 0 radical (unpaired) electrons. The van der Waals surface area contributed by atoms with E-state index in [4.69, 9.17) is 14.6 Å². The third-order valence-electron chi connectivity index (χ3n) is 3.48. The fourth-order valence-corrected chi connectivity index (χ4v) is 2.36. The maximum Gasteiger partial charge on any atom is 0.119 e. The Balaban J connectivity index is 2.15. The average molecular weight is 289 g/mol. The molecule has 4 nitrogen and oxygen atoms in total. The Morgan fingerprint density at radius 1 is 1.33 bits per heavy atom. The van der Waals surface area contributed by atoms with Crippen molar-refractivity contribution in [1.82, 2.24) is 4.90 Å². The van der Waals surface area contributed by atoms with E-state index in [1.165, 1.54) is 5.56 Å². The van der Waals surface area contributed by atoms with Gasteiger partial charge in [0.15, 0.2) is 0 Å².